The number of hydrogen-bond donors (Lipinski definition) is 0. The van der Waals surface area contributed by atoms with Gasteiger partial charge in [0.25, 0.3) is 5.91 Å². The molecule has 0 bridgehead atoms. The van der Waals surface area contributed by atoms with Crippen molar-refractivity contribution >= 4 is 5.91 Å². The average Bonchev–Trinajstić information content (AvgIpc) is 2.74. The number of hydrogen-bond acceptors (Lipinski definition) is 3. The summed E-state index contributed by atoms with van der Waals surface area (Å²) in [6.45, 7) is 1.69. The average molecular weight is 263 g/mol. The van der Waals surface area contributed by atoms with Gasteiger partial charge in [0.05, 0.1) is 14.2 Å². The summed E-state index contributed by atoms with van der Waals surface area (Å²) in [6, 6.07) is 5.32. The smallest absolute Gasteiger partial charge is 0.254 e. The van der Waals surface area contributed by atoms with Crippen LogP contribution >= 0.6 is 0 Å². The lowest BCUT2D eigenvalue weighted by atomic mass is 10.1. The second-order valence-corrected chi connectivity index (χ2v) is 4.81. The molecule has 0 unspecified atom stereocenters. The first-order chi connectivity index (χ1) is 9.24. The summed E-state index contributed by atoms with van der Waals surface area (Å²) in [4.78, 5) is 14.4. The molecular weight excluding hydrogens is 242 g/mol. The molecule has 0 atom stereocenters. The molecule has 1 aromatic rings. The topological polar surface area (TPSA) is 38.8 Å². The predicted octanol–water partition coefficient (Wildman–Crippen LogP) is 2.72. The third-order valence-corrected chi connectivity index (χ3v) is 3.49. The Hall–Kier alpha value is -1.71. The van der Waals surface area contributed by atoms with Crippen molar-refractivity contribution in [3.05, 3.63) is 23.8 Å². The van der Waals surface area contributed by atoms with Gasteiger partial charge in [0.1, 0.15) is 11.5 Å². The predicted molar refractivity (Wildman–Crippen MR) is 73.9 cm³/mol. The molecule has 0 radical (unpaired) electrons. The zero-order valence-electron chi connectivity index (χ0n) is 11.6. The zero-order valence-corrected chi connectivity index (χ0v) is 11.6. The molecule has 1 aromatic carbocycles. The van der Waals surface area contributed by atoms with Gasteiger partial charge >= 0.3 is 0 Å². The van der Waals surface area contributed by atoms with Crippen LogP contribution in [0.1, 0.15) is 36.0 Å². The molecule has 1 aliphatic heterocycles. The van der Waals surface area contributed by atoms with Crippen LogP contribution in [0.3, 0.4) is 0 Å². The summed E-state index contributed by atoms with van der Waals surface area (Å²) in [6.07, 6.45) is 4.61. The van der Waals surface area contributed by atoms with Gasteiger partial charge in [-0.25, -0.2) is 0 Å². The van der Waals surface area contributed by atoms with Crippen LogP contribution in [-0.2, 0) is 0 Å². The van der Waals surface area contributed by atoms with E-state index in [1.807, 2.05) is 4.90 Å². The first-order valence-corrected chi connectivity index (χ1v) is 6.77. The maximum atomic E-state index is 12.5. The molecule has 1 fully saturated rings. The van der Waals surface area contributed by atoms with Gasteiger partial charge in [0.15, 0.2) is 0 Å². The Morgan fingerprint density at radius 2 is 1.47 bits per heavy atom. The highest BCUT2D eigenvalue weighted by Crippen LogP contribution is 2.24. The number of ether oxygens (including phenoxy) is 2. The zero-order chi connectivity index (χ0) is 13.7. The van der Waals surface area contributed by atoms with Gasteiger partial charge in [0, 0.05) is 24.7 Å². The Bertz CT molecular complexity index is 415. The van der Waals surface area contributed by atoms with E-state index in [1.54, 1.807) is 32.4 Å². The fourth-order valence-corrected chi connectivity index (χ4v) is 2.39. The summed E-state index contributed by atoms with van der Waals surface area (Å²) >= 11 is 0. The molecule has 4 heteroatoms. The van der Waals surface area contributed by atoms with Gasteiger partial charge in [0.2, 0.25) is 0 Å². The lowest BCUT2D eigenvalue weighted by Gasteiger charge is -2.20. The number of amides is 1. The highest BCUT2D eigenvalue weighted by Gasteiger charge is 2.18. The largest absolute Gasteiger partial charge is 0.497 e. The van der Waals surface area contributed by atoms with Crippen molar-refractivity contribution in [3.8, 4) is 11.5 Å². The van der Waals surface area contributed by atoms with Gasteiger partial charge in [-0.1, -0.05) is 12.8 Å². The van der Waals surface area contributed by atoms with Crippen LogP contribution in [0.2, 0.25) is 0 Å². The van der Waals surface area contributed by atoms with E-state index in [-0.39, 0.29) is 5.91 Å². The highest BCUT2D eigenvalue weighted by molar-refractivity contribution is 5.95. The first kappa shape index (κ1) is 13.7. The van der Waals surface area contributed by atoms with Gasteiger partial charge in [-0.3, -0.25) is 4.79 Å². The maximum absolute atomic E-state index is 12.5. The number of nitrogens with zero attached hydrogens (tertiary/aromatic N) is 1. The Morgan fingerprint density at radius 1 is 0.947 bits per heavy atom. The molecule has 0 aromatic heterocycles. The molecule has 1 heterocycles. The van der Waals surface area contributed by atoms with Crippen molar-refractivity contribution in [1.29, 1.82) is 0 Å². The third-order valence-electron chi connectivity index (χ3n) is 3.49. The lowest BCUT2D eigenvalue weighted by molar-refractivity contribution is 0.0761. The second kappa shape index (κ2) is 6.45. The minimum Gasteiger partial charge on any atom is -0.497 e. The van der Waals surface area contributed by atoms with Crippen molar-refractivity contribution in [3.63, 3.8) is 0 Å². The van der Waals surface area contributed by atoms with Gasteiger partial charge in [-0.05, 0) is 25.0 Å². The minimum absolute atomic E-state index is 0.0686. The fourth-order valence-electron chi connectivity index (χ4n) is 2.39. The normalized spacial score (nSPS) is 15.8. The number of methoxy groups -OCH3 is 2. The highest BCUT2D eigenvalue weighted by atomic mass is 16.5. The van der Waals surface area contributed by atoms with E-state index in [1.165, 1.54) is 12.8 Å². The van der Waals surface area contributed by atoms with Crippen LogP contribution in [0.4, 0.5) is 0 Å². The van der Waals surface area contributed by atoms with E-state index in [4.69, 9.17) is 9.47 Å². The second-order valence-electron chi connectivity index (χ2n) is 4.81. The number of likely N-dealkylation sites (tertiary alicyclic amines) is 1. The van der Waals surface area contributed by atoms with Gasteiger partial charge in [-0.15, -0.1) is 0 Å². The van der Waals surface area contributed by atoms with Crippen LogP contribution in [0.25, 0.3) is 0 Å². The Labute approximate surface area is 114 Å². The summed E-state index contributed by atoms with van der Waals surface area (Å²) in [5.41, 5.74) is 0.637. The van der Waals surface area contributed by atoms with Crippen LogP contribution in [-0.4, -0.2) is 38.1 Å². The molecule has 0 spiro atoms. The molecule has 4 nitrogen and oxygen atoms in total. The summed E-state index contributed by atoms with van der Waals surface area (Å²) in [5.74, 6) is 1.37. The first-order valence-electron chi connectivity index (χ1n) is 6.77. The van der Waals surface area contributed by atoms with Crippen molar-refractivity contribution < 1.29 is 14.3 Å². The Kier molecular flexibility index (Phi) is 4.66. The molecule has 2 rings (SSSR count). The van der Waals surface area contributed by atoms with Gasteiger partial charge in [-0.2, -0.15) is 0 Å². The summed E-state index contributed by atoms with van der Waals surface area (Å²) < 4.78 is 10.4. The van der Waals surface area contributed by atoms with E-state index >= 15 is 0 Å². The number of rotatable bonds is 3. The molecule has 1 saturated heterocycles. The number of carbonyl (C=O) groups is 1. The molecule has 0 N–H and O–H groups in total. The van der Waals surface area contributed by atoms with E-state index in [2.05, 4.69) is 0 Å². The van der Waals surface area contributed by atoms with Crippen LogP contribution < -0.4 is 9.47 Å². The molecule has 0 saturated carbocycles. The van der Waals surface area contributed by atoms with E-state index < -0.39 is 0 Å². The molecule has 0 aliphatic carbocycles. The minimum atomic E-state index is 0.0686. The quantitative estimate of drug-likeness (QED) is 0.841. The molecule has 104 valence electrons. The monoisotopic (exact) mass is 263 g/mol. The van der Waals surface area contributed by atoms with Crippen LogP contribution in [0.5, 0.6) is 11.5 Å². The summed E-state index contributed by atoms with van der Waals surface area (Å²) in [7, 11) is 3.18. The van der Waals surface area contributed by atoms with E-state index in [0.29, 0.717) is 17.1 Å². The van der Waals surface area contributed by atoms with Crippen molar-refractivity contribution in [2.75, 3.05) is 27.3 Å². The van der Waals surface area contributed by atoms with E-state index in [0.717, 1.165) is 25.9 Å². The standard InChI is InChI=1S/C15H21NO3/c1-18-13-9-12(10-14(11-13)19-2)15(17)16-7-5-3-4-6-8-16/h9-11H,3-8H2,1-2H3. The van der Waals surface area contributed by atoms with Crippen molar-refractivity contribution in [1.82, 2.24) is 4.90 Å². The lowest BCUT2D eigenvalue weighted by Crippen LogP contribution is -2.31. The Balaban J connectivity index is 2.21. The number of carbonyl (C=O) groups excluding carboxylic acids is 1. The van der Waals surface area contributed by atoms with Crippen molar-refractivity contribution in [2.24, 2.45) is 0 Å². The van der Waals surface area contributed by atoms with Crippen LogP contribution in [0.15, 0.2) is 18.2 Å². The fraction of sp³-hybridized carbons (Fsp3) is 0.533. The van der Waals surface area contributed by atoms with Gasteiger partial charge < -0.3 is 14.4 Å². The number of benzene rings is 1. The SMILES string of the molecule is COc1cc(OC)cc(C(=O)N2CCCCCC2)c1. The molecule has 1 aliphatic rings. The van der Waals surface area contributed by atoms with Crippen LogP contribution in [0, 0.1) is 0 Å². The third kappa shape index (κ3) is 3.40. The Morgan fingerprint density at radius 3 is 1.95 bits per heavy atom. The molecule has 19 heavy (non-hydrogen) atoms. The maximum Gasteiger partial charge on any atom is 0.254 e. The molecule has 1 amide bonds. The van der Waals surface area contributed by atoms with Crippen molar-refractivity contribution in [2.45, 2.75) is 25.7 Å². The molecular formula is C15H21NO3. The summed E-state index contributed by atoms with van der Waals surface area (Å²) in [5, 5.41) is 0. The van der Waals surface area contributed by atoms with E-state index in [9.17, 15) is 4.79 Å².